The van der Waals surface area contributed by atoms with Gasteiger partial charge in [-0.2, -0.15) is 0 Å². The molecule has 8 nitrogen and oxygen atoms in total. The highest BCUT2D eigenvalue weighted by molar-refractivity contribution is 5.98. The summed E-state index contributed by atoms with van der Waals surface area (Å²) >= 11 is 0. The van der Waals surface area contributed by atoms with E-state index >= 15 is 0 Å². The van der Waals surface area contributed by atoms with Crippen molar-refractivity contribution in [3.8, 4) is 0 Å². The van der Waals surface area contributed by atoms with Crippen LogP contribution in [0.3, 0.4) is 0 Å². The van der Waals surface area contributed by atoms with E-state index in [1.54, 1.807) is 6.08 Å². The zero-order valence-corrected chi connectivity index (χ0v) is 13.6. The fourth-order valence-electron chi connectivity index (χ4n) is 2.04. The first-order valence-corrected chi connectivity index (χ1v) is 7.61. The number of nitrogens with one attached hydrogen (secondary N) is 1. The molecule has 132 valence electrons. The molecule has 0 spiro atoms. The fraction of sp³-hybridized carbons (Fsp3) is 0.438. The Hall–Kier alpha value is -2.45. The Labute approximate surface area is 141 Å². The molecule has 0 unspecified atom stereocenters. The van der Waals surface area contributed by atoms with Crippen LogP contribution in [0, 0.1) is 0 Å². The van der Waals surface area contributed by atoms with Gasteiger partial charge in [0.25, 0.3) is 11.8 Å². The van der Waals surface area contributed by atoms with Crippen LogP contribution in [0.15, 0.2) is 37.1 Å². The van der Waals surface area contributed by atoms with Gasteiger partial charge >= 0.3 is 5.97 Å². The van der Waals surface area contributed by atoms with Gasteiger partial charge < -0.3 is 9.84 Å². The Morgan fingerprint density at radius 3 is 2.54 bits per heavy atom. The molecule has 0 radical (unpaired) electrons. The number of carbonyl (C=O) groups is 3. The quantitative estimate of drug-likeness (QED) is 0.375. The molecule has 0 aliphatic carbocycles. The summed E-state index contributed by atoms with van der Waals surface area (Å²) in [7, 11) is 0. The molecule has 0 aromatic heterocycles. The van der Waals surface area contributed by atoms with Crippen molar-refractivity contribution in [3.63, 3.8) is 0 Å². The van der Waals surface area contributed by atoms with Gasteiger partial charge in [0.05, 0.1) is 13.2 Å². The molecule has 1 aliphatic heterocycles. The normalized spacial score (nSPS) is 15.0. The lowest BCUT2D eigenvalue weighted by Crippen LogP contribution is -2.45. The number of hydrazine groups is 1. The number of carboxylic acids is 1. The number of ether oxygens (including phenoxy) is 1. The second-order valence-electron chi connectivity index (χ2n) is 5.10. The number of allylic oxidation sites excluding steroid dienone is 1. The van der Waals surface area contributed by atoms with Crippen molar-refractivity contribution in [2.75, 3.05) is 32.8 Å². The minimum Gasteiger partial charge on any atom is -0.477 e. The van der Waals surface area contributed by atoms with Gasteiger partial charge in [-0.25, -0.2) is 9.80 Å². The number of nitrogens with zero attached hydrogens (tertiary/aromatic N) is 2. The summed E-state index contributed by atoms with van der Waals surface area (Å²) < 4.78 is 5.26. The van der Waals surface area contributed by atoms with E-state index in [1.165, 1.54) is 6.08 Å². The van der Waals surface area contributed by atoms with Gasteiger partial charge in [0.1, 0.15) is 5.70 Å². The van der Waals surface area contributed by atoms with E-state index in [0.29, 0.717) is 11.4 Å². The third kappa shape index (κ3) is 6.76. The van der Waals surface area contributed by atoms with Crippen LogP contribution in [0.1, 0.15) is 12.8 Å². The SMILES string of the molecule is C=CC(=O)N(NC(=O)C=CCCCN1CCOCC1)C(=C)C(=O)O. The third-order valence-electron chi connectivity index (χ3n) is 3.35. The van der Waals surface area contributed by atoms with Gasteiger partial charge in [0.2, 0.25) is 0 Å². The van der Waals surface area contributed by atoms with Crippen LogP contribution in [0.2, 0.25) is 0 Å². The van der Waals surface area contributed by atoms with E-state index in [4.69, 9.17) is 9.84 Å². The highest BCUT2D eigenvalue weighted by Crippen LogP contribution is 2.02. The van der Waals surface area contributed by atoms with Crippen molar-refractivity contribution in [2.24, 2.45) is 0 Å². The van der Waals surface area contributed by atoms with Crippen molar-refractivity contribution in [1.29, 1.82) is 0 Å². The number of hydrogen-bond donors (Lipinski definition) is 2. The Morgan fingerprint density at radius 2 is 1.96 bits per heavy atom. The van der Waals surface area contributed by atoms with Gasteiger partial charge in [0, 0.05) is 19.2 Å². The van der Waals surface area contributed by atoms with E-state index in [-0.39, 0.29) is 0 Å². The number of amides is 2. The van der Waals surface area contributed by atoms with Crippen LogP contribution in [-0.2, 0) is 19.1 Å². The smallest absolute Gasteiger partial charge is 0.353 e. The lowest BCUT2D eigenvalue weighted by atomic mass is 10.2. The number of carbonyl (C=O) groups excluding carboxylic acids is 2. The van der Waals surface area contributed by atoms with Crippen LogP contribution >= 0.6 is 0 Å². The maximum atomic E-state index is 11.8. The maximum absolute atomic E-state index is 11.8. The van der Waals surface area contributed by atoms with Crippen molar-refractivity contribution < 1.29 is 24.2 Å². The Kier molecular flexibility index (Phi) is 8.45. The van der Waals surface area contributed by atoms with Gasteiger partial charge in [-0.15, -0.1) is 0 Å². The molecule has 1 heterocycles. The van der Waals surface area contributed by atoms with Gasteiger partial charge in [-0.05, 0) is 25.5 Å². The van der Waals surface area contributed by atoms with E-state index in [1.807, 2.05) is 0 Å². The van der Waals surface area contributed by atoms with E-state index in [0.717, 1.165) is 45.3 Å². The summed E-state index contributed by atoms with van der Waals surface area (Å²) in [4.78, 5) is 36.5. The number of hydrogen-bond acceptors (Lipinski definition) is 5. The minimum atomic E-state index is -1.42. The molecular weight excluding hydrogens is 314 g/mol. The monoisotopic (exact) mass is 337 g/mol. The number of morpholine rings is 1. The zero-order chi connectivity index (χ0) is 17.9. The first-order valence-electron chi connectivity index (χ1n) is 7.61. The van der Waals surface area contributed by atoms with Crippen LogP contribution in [0.25, 0.3) is 0 Å². The molecule has 1 aliphatic rings. The maximum Gasteiger partial charge on any atom is 0.353 e. The van der Waals surface area contributed by atoms with Crippen LogP contribution in [0.5, 0.6) is 0 Å². The molecule has 1 fully saturated rings. The average molecular weight is 337 g/mol. The Balaban J connectivity index is 2.38. The lowest BCUT2D eigenvalue weighted by Gasteiger charge is -2.26. The summed E-state index contributed by atoms with van der Waals surface area (Å²) in [5, 5.41) is 9.42. The first-order chi connectivity index (χ1) is 11.5. The lowest BCUT2D eigenvalue weighted by molar-refractivity contribution is -0.141. The van der Waals surface area contributed by atoms with Crippen LogP contribution in [-0.4, -0.2) is 65.6 Å². The second kappa shape index (κ2) is 10.3. The minimum absolute atomic E-state index is 0.551. The molecule has 24 heavy (non-hydrogen) atoms. The Morgan fingerprint density at radius 1 is 1.29 bits per heavy atom. The van der Waals surface area contributed by atoms with Crippen LogP contribution < -0.4 is 5.43 Å². The van der Waals surface area contributed by atoms with Crippen molar-refractivity contribution in [1.82, 2.24) is 15.3 Å². The average Bonchev–Trinajstić information content (AvgIpc) is 2.58. The molecule has 2 amide bonds. The molecule has 0 atom stereocenters. The summed E-state index contributed by atoms with van der Waals surface area (Å²) in [6.45, 7) is 10.7. The third-order valence-corrected chi connectivity index (χ3v) is 3.35. The second-order valence-corrected chi connectivity index (χ2v) is 5.10. The molecule has 1 rings (SSSR count). The summed E-state index contributed by atoms with van der Waals surface area (Å²) in [5.74, 6) is -2.81. The van der Waals surface area contributed by atoms with Crippen molar-refractivity contribution >= 4 is 17.8 Å². The first kappa shape index (κ1) is 19.6. The molecule has 0 bridgehead atoms. The molecule has 2 N–H and O–H groups in total. The van der Waals surface area contributed by atoms with Crippen LogP contribution in [0.4, 0.5) is 0 Å². The molecule has 1 saturated heterocycles. The fourth-order valence-corrected chi connectivity index (χ4v) is 2.04. The van der Waals surface area contributed by atoms with Gasteiger partial charge in [-0.3, -0.25) is 19.9 Å². The zero-order valence-electron chi connectivity index (χ0n) is 13.6. The van der Waals surface area contributed by atoms with Gasteiger partial charge in [0.15, 0.2) is 0 Å². The molecular formula is C16H23N3O5. The van der Waals surface area contributed by atoms with Gasteiger partial charge in [-0.1, -0.05) is 19.2 Å². The highest BCUT2D eigenvalue weighted by atomic mass is 16.5. The number of carboxylic acid groups (broad SMARTS) is 1. The predicted molar refractivity (Wildman–Crippen MR) is 87.6 cm³/mol. The number of unbranched alkanes of at least 4 members (excludes halogenated alkanes) is 1. The Bertz CT molecular complexity index is 524. The van der Waals surface area contributed by atoms with E-state index < -0.39 is 23.5 Å². The number of aliphatic carboxylic acids is 1. The summed E-state index contributed by atoms with van der Waals surface area (Å²) in [6, 6.07) is 0. The largest absolute Gasteiger partial charge is 0.477 e. The summed E-state index contributed by atoms with van der Waals surface area (Å²) in [6.07, 6.45) is 5.41. The summed E-state index contributed by atoms with van der Waals surface area (Å²) in [5.41, 5.74) is 1.61. The highest BCUT2D eigenvalue weighted by Gasteiger charge is 2.20. The van der Waals surface area contributed by atoms with E-state index in [2.05, 4.69) is 23.5 Å². The number of rotatable bonds is 8. The standard InChI is InChI=1S/C16H23N3O5/c1-3-15(21)19(13(2)16(22)23)17-14(20)7-5-4-6-8-18-9-11-24-12-10-18/h3,5,7H,1-2,4,6,8-12H2,(H,17,20)(H,22,23). The molecule has 8 heteroatoms. The topological polar surface area (TPSA) is 99.2 Å². The molecule has 0 aromatic carbocycles. The predicted octanol–water partition coefficient (Wildman–Crippen LogP) is 0.299. The molecule has 0 saturated carbocycles. The molecule has 0 aromatic rings. The van der Waals surface area contributed by atoms with E-state index in [9.17, 15) is 14.4 Å². The van der Waals surface area contributed by atoms with Crippen molar-refractivity contribution in [2.45, 2.75) is 12.8 Å². The van der Waals surface area contributed by atoms with Crippen molar-refractivity contribution in [3.05, 3.63) is 37.1 Å².